The molecule has 0 spiro atoms. The van der Waals surface area contributed by atoms with Crippen LogP contribution in [-0.2, 0) is 9.59 Å². The Balaban J connectivity index is 2.39. The molecule has 4 N–H and O–H groups in total. The first-order chi connectivity index (χ1) is 9.74. The average molecular weight is 301 g/mol. The van der Waals surface area contributed by atoms with Gasteiger partial charge in [0, 0.05) is 13.1 Å². The van der Waals surface area contributed by atoms with E-state index in [1.54, 1.807) is 11.8 Å². The van der Waals surface area contributed by atoms with Crippen molar-refractivity contribution in [3.05, 3.63) is 0 Å². The largest absolute Gasteiger partial charge is 0.479 e. The third kappa shape index (κ3) is 5.22. The van der Waals surface area contributed by atoms with Crippen molar-refractivity contribution < 1.29 is 24.6 Å². The molecule has 1 saturated heterocycles. The zero-order valence-electron chi connectivity index (χ0n) is 12.4. The van der Waals surface area contributed by atoms with E-state index in [1.165, 1.54) is 0 Å². The Bertz CT molecular complexity index is 405. The molecule has 0 aromatic rings. The molecule has 8 heteroatoms. The number of amides is 3. The van der Waals surface area contributed by atoms with Gasteiger partial charge in [0.2, 0.25) is 5.91 Å². The maximum atomic E-state index is 12.1. The fourth-order valence-electron chi connectivity index (χ4n) is 2.03. The Kier molecular flexibility index (Phi) is 5.95. The van der Waals surface area contributed by atoms with Gasteiger partial charge < -0.3 is 25.7 Å². The predicted octanol–water partition coefficient (Wildman–Crippen LogP) is -0.478. The van der Waals surface area contributed by atoms with Gasteiger partial charge in [-0.05, 0) is 33.1 Å². The molecule has 2 atom stereocenters. The van der Waals surface area contributed by atoms with Gasteiger partial charge >= 0.3 is 12.0 Å². The number of aliphatic hydroxyl groups is 1. The van der Waals surface area contributed by atoms with Crippen molar-refractivity contribution in [3.8, 4) is 0 Å². The summed E-state index contributed by atoms with van der Waals surface area (Å²) >= 11 is 0. The number of carbonyl (C=O) groups is 3. The van der Waals surface area contributed by atoms with E-state index in [2.05, 4.69) is 10.6 Å². The van der Waals surface area contributed by atoms with Crippen LogP contribution >= 0.6 is 0 Å². The lowest BCUT2D eigenvalue weighted by Gasteiger charge is -2.29. The topological polar surface area (TPSA) is 119 Å². The minimum atomic E-state index is -2.04. The van der Waals surface area contributed by atoms with Crippen LogP contribution in [0.2, 0.25) is 0 Å². The molecule has 120 valence electrons. The van der Waals surface area contributed by atoms with Crippen LogP contribution in [0.5, 0.6) is 0 Å². The fourth-order valence-corrected chi connectivity index (χ4v) is 2.03. The Labute approximate surface area is 123 Å². The minimum absolute atomic E-state index is 0.158. The molecule has 0 aromatic carbocycles. The van der Waals surface area contributed by atoms with Gasteiger partial charge in [0.1, 0.15) is 6.04 Å². The number of carboxylic acid groups (broad SMARTS) is 1. The summed E-state index contributed by atoms with van der Waals surface area (Å²) in [5.41, 5.74) is -2.04. The van der Waals surface area contributed by atoms with Crippen LogP contribution in [-0.4, -0.2) is 64.3 Å². The van der Waals surface area contributed by atoms with Gasteiger partial charge in [-0.2, -0.15) is 0 Å². The van der Waals surface area contributed by atoms with Crippen LogP contribution in [0.3, 0.4) is 0 Å². The van der Waals surface area contributed by atoms with Gasteiger partial charge in [-0.3, -0.25) is 4.79 Å². The molecular formula is C13H23N3O5. The summed E-state index contributed by atoms with van der Waals surface area (Å²) in [4.78, 5) is 36.1. The van der Waals surface area contributed by atoms with E-state index < -0.39 is 30.2 Å². The van der Waals surface area contributed by atoms with E-state index >= 15 is 0 Å². The Morgan fingerprint density at radius 2 is 1.81 bits per heavy atom. The lowest BCUT2D eigenvalue weighted by Crippen LogP contribution is -2.54. The second-order valence-corrected chi connectivity index (χ2v) is 5.51. The lowest BCUT2D eigenvalue weighted by atomic mass is 10.1. The molecule has 1 aliphatic rings. The molecule has 1 heterocycles. The quantitative estimate of drug-likeness (QED) is 0.547. The van der Waals surface area contributed by atoms with Crippen molar-refractivity contribution in [2.75, 3.05) is 19.6 Å². The molecule has 8 nitrogen and oxygen atoms in total. The van der Waals surface area contributed by atoms with Gasteiger partial charge in [0.25, 0.3) is 0 Å². The number of carboxylic acids is 1. The summed E-state index contributed by atoms with van der Waals surface area (Å²) in [5.74, 6) is -1.59. The third-order valence-corrected chi connectivity index (χ3v) is 3.44. The molecule has 0 aliphatic carbocycles. The normalized spacial score (nSPS) is 19.3. The number of carbonyl (C=O) groups excluding carboxylic acids is 2. The van der Waals surface area contributed by atoms with Crippen LogP contribution in [0, 0.1) is 0 Å². The maximum absolute atomic E-state index is 12.1. The number of hydrogen-bond acceptors (Lipinski definition) is 4. The molecule has 0 saturated carbocycles. The van der Waals surface area contributed by atoms with E-state index in [9.17, 15) is 19.5 Å². The first kappa shape index (κ1) is 17.2. The maximum Gasteiger partial charge on any atom is 0.337 e. The second-order valence-electron chi connectivity index (χ2n) is 5.51. The summed E-state index contributed by atoms with van der Waals surface area (Å²) in [6.45, 7) is 3.60. The summed E-state index contributed by atoms with van der Waals surface area (Å²) in [6.07, 6.45) is 3.04. The summed E-state index contributed by atoms with van der Waals surface area (Å²) in [6, 6.07) is -1.38. The third-order valence-electron chi connectivity index (χ3n) is 3.44. The molecule has 1 rings (SSSR count). The number of aliphatic carboxylic acids is 1. The molecule has 1 fully saturated rings. The number of nitrogens with one attached hydrogen (secondary N) is 2. The monoisotopic (exact) mass is 301 g/mol. The zero-order chi connectivity index (χ0) is 16.0. The van der Waals surface area contributed by atoms with Crippen molar-refractivity contribution in [3.63, 3.8) is 0 Å². The highest BCUT2D eigenvalue weighted by molar-refractivity contribution is 5.87. The van der Waals surface area contributed by atoms with E-state index in [1.807, 2.05) is 0 Å². The molecule has 1 aliphatic heterocycles. The lowest BCUT2D eigenvalue weighted by molar-refractivity contribution is -0.155. The van der Waals surface area contributed by atoms with E-state index in [-0.39, 0.29) is 5.91 Å². The molecule has 0 radical (unpaired) electrons. The Morgan fingerprint density at radius 1 is 1.24 bits per heavy atom. The van der Waals surface area contributed by atoms with Crippen molar-refractivity contribution in [2.24, 2.45) is 0 Å². The SMILES string of the molecule is CC(NC(=O)NCC(C)(O)C(=O)O)C(=O)N1CCCCC1. The first-order valence-electron chi connectivity index (χ1n) is 7.03. The van der Waals surface area contributed by atoms with Gasteiger partial charge in [-0.25, -0.2) is 9.59 Å². The summed E-state index contributed by atoms with van der Waals surface area (Å²) in [7, 11) is 0. The highest BCUT2D eigenvalue weighted by Crippen LogP contribution is 2.09. The Morgan fingerprint density at radius 3 is 2.33 bits per heavy atom. The number of rotatable bonds is 5. The number of likely N-dealkylation sites (tertiary alicyclic amines) is 1. The molecule has 2 unspecified atom stereocenters. The molecule has 3 amide bonds. The summed E-state index contributed by atoms with van der Waals surface area (Å²) in [5, 5.41) is 22.9. The number of urea groups is 1. The van der Waals surface area contributed by atoms with Gasteiger partial charge in [-0.1, -0.05) is 0 Å². The first-order valence-corrected chi connectivity index (χ1v) is 7.03. The van der Waals surface area contributed by atoms with Gasteiger partial charge in [-0.15, -0.1) is 0 Å². The van der Waals surface area contributed by atoms with E-state index in [0.717, 1.165) is 26.2 Å². The number of piperidine rings is 1. The van der Waals surface area contributed by atoms with Gasteiger partial charge in [0.15, 0.2) is 5.60 Å². The van der Waals surface area contributed by atoms with Crippen LogP contribution < -0.4 is 10.6 Å². The van der Waals surface area contributed by atoms with Crippen molar-refractivity contribution in [2.45, 2.75) is 44.8 Å². The van der Waals surface area contributed by atoms with E-state index in [4.69, 9.17) is 5.11 Å². The summed E-state index contributed by atoms with van der Waals surface area (Å²) < 4.78 is 0. The Hall–Kier alpha value is -1.83. The molecule has 0 aromatic heterocycles. The van der Waals surface area contributed by atoms with Crippen molar-refractivity contribution >= 4 is 17.9 Å². The fraction of sp³-hybridized carbons (Fsp3) is 0.769. The number of hydrogen-bond donors (Lipinski definition) is 4. The highest BCUT2D eigenvalue weighted by Gasteiger charge is 2.31. The van der Waals surface area contributed by atoms with Crippen LogP contribution in [0.1, 0.15) is 33.1 Å². The zero-order valence-corrected chi connectivity index (χ0v) is 12.4. The number of nitrogens with zero attached hydrogens (tertiary/aromatic N) is 1. The van der Waals surface area contributed by atoms with Gasteiger partial charge in [0.05, 0.1) is 6.54 Å². The standard InChI is InChI=1S/C13H23N3O5/c1-9(10(17)16-6-4-3-5-7-16)15-12(20)14-8-13(2,21)11(18)19/h9,21H,3-8H2,1-2H3,(H,18,19)(H2,14,15,20). The van der Waals surface area contributed by atoms with Crippen LogP contribution in [0.25, 0.3) is 0 Å². The molecule has 21 heavy (non-hydrogen) atoms. The molecular weight excluding hydrogens is 278 g/mol. The highest BCUT2D eigenvalue weighted by atomic mass is 16.4. The van der Waals surface area contributed by atoms with Crippen LogP contribution in [0.4, 0.5) is 4.79 Å². The van der Waals surface area contributed by atoms with Crippen molar-refractivity contribution in [1.82, 2.24) is 15.5 Å². The smallest absolute Gasteiger partial charge is 0.337 e. The molecule has 0 bridgehead atoms. The second kappa shape index (κ2) is 7.26. The van der Waals surface area contributed by atoms with E-state index in [0.29, 0.717) is 13.1 Å². The minimum Gasteiger partial charge on any atom is -0.479 e. The predicted molar refractivity (Wildman–Crippen MR) is 74.7 cm³/mol. The average Bonchev–Trinajstić information content (AvgIpc) is 2.45. The van der Waals surface area contributed by atoms with Crippen molar-refractivity contribution in [1.29, 1.82) is 0 Å². The van der Waals surface area contributed by atoms with Crippen LogP contribution in [0.15, 0.2) is 0 Å².